The van der Waals surface area contributed by atoms with Crippen molar-refractivity contribution < 1.29 is 5.11 Å². The highest BCUT2D eigenvalue weighted by atomic mass is 16.3. The maximum atomic E-state index is 9.27. The summed E-state index contributed by atoms with van der Waals surface area (Å²) in [5, 5.41) is 9.27. The number of rotatable bonds is 4. The van der Waals surface area contributed by atoms with Crippen molar-refractivity contribution in [2.24, 2.45) is 0 Å². The third kappa shape index (κ3) is 2.21. The minimum atomic E-state index is 0.116. The summed E-state index contributed by atoms with van der Waals surface area (Å²) in [7, 11) is 0. The molecule has 0 amide bonds. The van der Waals surface area contributed by atoms with Gasteiger partial charge in [-0.3, -0.25) is 0 Å². The molecule has 1 aromatic heterocycles. The van der Waals surface area contributed by atoms with E-state index in [0.717, 1.165) is 16.9 Å². The van der Waals surface area contributed by atoms with Crippen molar-refractivity contribution in [3.63, 3.8) is 0 Å². The lowest BCUT2D eigenvalue weighted by atomic mass is 10.1. The summed E-state index contributed by atoms with van der Waals surface area (Å²) in [6, 6.07) is 18.7. The Morgan fingerprint density at radius 1 is 1.05 bits per heavy atom. The average Bonchev–Trinajstić information content (AvgIpc) is 2.86. The van der Waals surface area contributed by atoms with Gasteiger partial charge in [-0.05, 0) is 24.6 Å². The molecule has 1 heterocycles. The van der Waals surface area contributed by atoms with E-state index in [2.05, 4.69) is 46.8 Å². The molecule has 3 heteroatoms. The van der Waals surface area contributed by atoms with Crippen molar-refractivity contribution in [2.75, 3.05) is 6.61 Å². The first-order valence-corrected chi connectivity index (χ1v) is 6.93. The highest BCUT2D eigenvalue weighted by Gasteiger charge is 2.16. The predicted octanol–water partition coefficient (Wildman–Crippen LogP) is 3.18. The lowest BCUT2D eigenvalue weighted by Crippen LogP contribution is -2.11. The zero-order chi connectivity index (χ0) is 13.9. The molecule has 102 valence electrons. The fourth-order valence-corrected chi connectivity index (χ4v) is 2.68. The van der Waals surface area contributed by atoms with Gasteiger partial charge in [-0.25, -0.2) is 4.98 Å². The smallest absolute Gasteiger partial charge is 0.112 e. The lowest BCUT2D eigenvalue weighted by Gasteiger charge is -2.18. The molecule has 0 unspecified atom stereocenters. The van der Waals surface area contributed by atoms with Crippen LogP contribution in [0.1, 0.15) is 24.4 Å². The summed E-state index contributed by atoms with van der Waals surface area (Å²) in [6.45, 7) is 2.29. The van der Waals surface area contributed by atoms with Crippen LogP contribution in [0.2, 0.25) is 0 Å². The molecular formula is C17H18N2O. The largest absolute Gasteiger partial charge is 0.396 e. The van der Waals surface area contributed by atoms with Crippen LogP contribution in [0.25, 0.3) is 11.0 Å². The summed E-state index contributed by atoms with van der Waals surface area (Å²) in [4.78, 5) is 4.65. The molecule has 3 rings (SSSR count). The molecular weight excluding hydrogens is 248 g/mol. The van der Waals surface area contributed by atoms with E-state index in [9.17, 15) is 5.11 Å². The Hall–Kier alpha value is -2.13. The second kappa shape index (κ2) is 5.47. The van der Waals surface area contributed by atoms with Gasteiger partial charge in [0.25, 0.3) is 0 Å². The predicted molar refractivity (Wildman–Crippen MR) is 80.8 cm³/mol. The van der Waals surface area contributed by atoms with Gasteiger partial charge in [-0.15, -0.1) is 0 Å². The van der Waals surface area contributed by atoms with E-state index in [-0.39, 0.29) is 12.6 Å². The number of imidazole rings is 1. The van der Waals surface area contributed by atoms with E-state index >= 15 is 0 Å². The van der Waals surface area contributed by atoms with E-state index in [1.54, 1.807) is 0 Å². The van der Waals surface area contributed by atoms with Crippen LogP contribution in [-0.4, -0.2) is 21.3 Å². The molecule has 0 radical (unpaired) electrons. The number of aliphatic hydroxyl groups excluding tert-OH is 1. The van der Waals surface area contributed by atoms with Crippen molar-refractivity contribution in [1.29, 1.82) is 0 Å². The van der Waals surface area contributed by atoms with Gasteiger partial charge in [0.2, 0.25) is 0 Å². The molecule has 0 saturated heterocycles. The molecule has 0 spiro atoms. The monoisotopic (exact) mass is 266 g/mol. The lowest BCUT2D eigenvalue weighted by molar-refractivity contribution is 0.294. The molecule has 1 N–H and O–H groups in total. The Kier molecular flexibility index (Phi) is 3.52. The van der Waals surface area contributed by atoms with Gasteiger partial charge >= 0.3 is 0 Å². The van der Waals surface area contributed by atoms with Crippen LogP contribution in [0.5, 0.6) is 0 Å². The van der Waals surface area contributed by atoms with Crippen molar-refractivity contribution in [3.05, 3.63) is 66.0 Å². The second-order valence-electron chi connectivity index (χ2n) is 4.95. The van der Waals surface area contributed by atoms with Crippen molar-refractivity contribution in [2.45, 2.75) is 19.4 Å². The Morgan fingerprint density at radius 2 is 1.75 bits per heavy atom. The van der Waals surface area contributed by atoms with Gasteiger partial charge < -0.3 is 9.67 Å². The number of nitrogens with zero attached hydrogens (tertiary/aromatic N) is 2. The van der Waals surface area contributed by atoms with Crippen molar-refractivity contribution in [1.82, 2.24) is 9.55 Å². The van der Waals surface area contributed by atoms with Crippen LogP contribution < -0.4 is 0 Å². The summed E-state index contributed by atoms with van der Waals surface area (Å²) in [6.07, 6.45) is 0.575. The molecule has 1 atom stereocenters. The highest BCUT2D eigenvalue weighted by Crippen LogP contribution is 2.26. The average molecular weight is 266 g/mol. The number of hydrogen-bond acceptors (Lipinski definition) is 2. The maximum Gasteiger partial charge on any atom is 0.112 e. The topological polar surface area (TPSA) is 38.0 Å². The van der Waals surface area contributed by atoms with Crippen molar-refractivity contribution >= 4 is 11.0 Å². The van der Waals surface area contributed by atoms with E-state index in [1.165, 1.54) is 5.56 Å². The van der Waals surface area contributed by atoms with E-state index in [4.69, 9.17) is 0 Å². The first-order valence-electron chi connectivity index (χ1n) is 6.93. The summed E-state index contributed by atoms with van der Waals surface area (Å²) in [5.74, 6) is 0.935. The zero-order valence-corrected chi connectivity index (χ0v) is 11.5. The Bertz CT molecular complexity index is 703. The molecule has 20 heavy (non-hydrogen) atoms. The Labute approximate surface area is 118 Å². The summed E-state index contributed by atoms with van der Waals surface area (Å²) >= 11 is 0. The number of benzene rings is 2. The first kappa shape index (κ1) is 12.9. The van der Waals surface area contributed by atoms with Gasteiger partial charge in [0, 0.05) is 6.42 Å². The second-order valence-corrected chi connectivity index (χ2v) is 4.95. The maximum absolute atomic E-state index is 9.27. The quantitative estimate of drug-likeness (QED) is 0.787. The van der Waals surface area contributed by atoms with Gasteiger partial charge in [-0.1, -0.05) is 42.5 Å². The van der Waals surface area contributed by atoms with Crippen LogP contribution in [0.3, 0.4) is 0 Å². The highest BCUT2D eigenvalue weighted by molar-refractivity contribution is 5.76. The molecule has 3 nitrogen and oxygen atoms in total. The molecule has 0 bridgehead atoms. The van der Waals surface area contributed by atoms with Gasteiger partial charge in [-0.2, -0.15) is 0 Å². The van der Waals surface area contributed by atoms with Crippen LogP contribution in [-0.2, 0) is 6.42 Å². The third-order valence-corrected chi connectivity index (χ3v) is 3.67. The molecule has 0 aliphatic heterocycles. The summed E-state index contributed by atoms with van der Waals surface area (Å²) in [5.41, 5.74) is 3.35. The van der Waals surface area contributed by atoms with Crippen LogP contribution in [0.15, 0.2) is 54.6 Å². The SMILES string of the molecule is C[C@H](c1ccccc1)n1c(CCO)nc2ccccc21. The molecule has 0 fully saturated rings. The number of para-hydroxylation sites is 2. The minimum Gasteiger partial charge on any atom is -0.396 e. The third-order valence-electron chi connectivity index (χ3n) is 3.67. The molecule has 0 aliphatic rings. The summed E-state index contributed by atoms with van der Waals surface area (Å²) < 4.78 is 2.22. The van der Waals surface area contributed by atoms with Gasteiger partial charge in [0.05, 0.1) is 23.7 Å². The standard InChI is InChI=1S/C17H18N2O/c1-13(14-7-3-2-4-8-14)19-16-10-6-5-9-15(16)18-17(19)11-12-20/h2-10,13,20H,11-12H2,1H3/t13-/m1/s1. The fourth-order valence-electron chi connectivity index (χ4n) is 2.68. The number of aromatic nitrogens is 2. The zero-order valence-electron chi connectivity index (χ0n) is 11.5. The number of hydrogen-bond donors (Lipinski definition) is 1. The van der Waals surface area contributed by atoms with Crippen LogP contribution in [0, 0.1) is 0 Å². The van der Waals surface area contributed by atoms with Crippen LogP contribution in [0.4, 0.5) is 0 Å². The fraction of sp³-hybridized carbons (Fsp3) is 0.235. The Morgan fingerprint density at radius 3 is 2.50 bits per heavy atom. The number of fused-ring (bicyclic) bond motifs is 1. The van der Waals surface area contributed by atoms with E-state index in [1.807, 2.05) is 24.3 Å². The normalized spacial score (nSPS) is 12.7. The van der Waals surface area contributed by atoms with Crippen molar-refractivity contribution in [3.8, 4) is 0 Å². The van der Waals surface area contributed by atoms with E-state index in [0.29, 0.717) is 6.42 Å². The number of aliphatic hydroxyl groups is 1. The molecule has 3 aromatic rings. The van der Waals surface area contributed by atoms with Gasteiger partial charge in [0.1, 0.15) is 5.82 Å². The van der Waals surface area contributed by atoms with E-state index < -0.39 is 0 Å². The molecule has 0 saturated carbocycles. The Balaban J connectivity index is 2.15. The molecule has 0 aliphatic carbocycles. The first-order chi connectivity index (χ1) is 9.81. The van der Waals surface area contributed by atoms with Gasteiger partial charge in [0.15, 0.2) is 0 Å². The molecule has 2 aromatic carbocycles. The van der Waals surface area contributed by atoms with Crippen LogP contribution >= 0.6 is 0 Å². The minimum absolute atomic E-state index is 0.116.